The zero-order chi connectivity index (χ0) is 23.1. The molecule has 0 N–H and O–H groups in total. The third-order valence-corrected chi connectivity index (χ3v) is 9.23. The van der Waals surface area contributed by atoms with Crippen LogP contribution in [0.1, 0.15) is 50.1 Å². The lowest BCUT2D eigenvalue weighted by molar-refractivity contribution is 0.151. The Morgan fingerprint density at radius 3 is 2.56 bits per heavy atom. The predicted octanol–water partition coefficient (Wildman–Crippen LogP) is 2.27. The zero-order valence-electron chi connectivity index (χ0n) is 19.4. The highest BCUT2D eigenvalue weighted by Crippen LogP contribution is 2.38. The van der Waals surface area contributed by atoms with Gasteiger partial charge in [0.25, 0.3) is 10.0 Å². The highest BCUT2D eigenvalue weighted by molar-refractivity contribution is 7.89. The maximum absolute atomic E-state index is 13.5. The first-order valence-corrected chi connectivity index (χ1v) is 13.9. The number of hydrogen-bond donors (Lipinski definition) is 0. The average molecular weight is 485 g/mol. The van der Waals surface area contributed by atoms with Crippen LogP contribution in [0.15, 0.2) is 35.6 Å². The maximum atomic E-state index is 13.5. The fourth-order valence-corrected chi connectivity index (χ4v) is 6.81. The molecule has 5 heterocycles. The van der Waals surface area contributed by atoms with Gasteiger partial charge in [-0.1, -0.05) is 6.07 Å². The molecule has 182 valence electrons. The van der Waals surface area contributed by atoms with Crippen LogP contribution in [0.4, 0.5) is 5.82 Å². The van der Waals surface area contributed by atoms with E-state index in [9.17, 15) is 8.42 Å². The third kappa shape index (κ3) is 4.50. The predicted molar refractivity (Wildman–Crippen MR) is 127 cm³/mol. The van der Waals surface area contributed by atoms with E-state index in [2.05, 4.69) is 24.8 Å². The van der Waals surface area contributed by atoms with Gasteiger partial charge in [-0.3, -0.25) is 9.88 Å². The maximum Gasteiger partial charge on any atom is 0.260 e. The molecule has 1 saturated carbocycles. The highest BCUT2D eigenvalue weighted by Gasteiger charge is 2.41. The van der Waals surface area contributed by atoms with E-state index >= 15 is 0 Å². The molecule has 1 aliphatic carbocycles. The van der Waals surface area contributed by atoms with Crippen LogP contribution in [0.2, 0.25) is 0 Å². The lowest BCUT2D eigenvalue weighted by Gasteiger charge is -2.36. The summed E-state index contributed by atoms with van der Waals surface area (Å²) in [5.74, 6) is 1.89. The third-order valence-electron chi connectivity index (χ3n) is 7.46. The van der Waals surface area contributed by atoms with Gasteiger partial charge in [-0.2, -0.15) is 4.31 Å². The molecule has 0 aromatic carbocycles. The number of fused-ring (bicyclic) bond motifs is 1. The Balaban J connectivity index is 1.10. The minimum Gasteiger partial charge on any atom is -0.472 e. The molecule has 2 aromatic rings. The molecule has 0 unspecified atom stereocenters. The van der Waals surface area contributed by atoms with Gasteiger partial charge in [0.1, 0.15) is 11.9 Å². The van der Waals surface area contributed by atoms with Crippen molar-refractivity contribution in [2.45, 2.75) is 61.6 Å². The molecule has 6 rings (SSSR count). The molecule has 34 heavy (non-hydrogen) atoms. The Bertz CT molecular complexity index is 1120. The van der Waals surface area contributed by atoms with Crippen molar-refractivity contribution in [3.05, 3.63) is 36.3 Å². The Labute approximate surface area is 201 Å². The number of sulfonamides is 1. The second-order valence-electron chi connectivity index (χ2n) is 9.92. The Morgan fingerprint density at radius 1 is 0.941 bits per heavy atom. The van der Waals surface area contributed by atoms with Gasteiger partial charge in [0.15, 0.2) is 5.03 Å². The first-order chi connectivity index (χ1) is 16.6. The zero-order valence-corrected chi connectivity index (χ0v) is 20.2. The van der Waals surface area contributed by atoms with Crippen LogP contribution in [-0.4, -0.2) is 84.0 Å². The fourth-order valence-electron chi connectivity index (χ4n) is 5.40. The van der Waals surface area contributed by atoms with E-state index in [0.29, 0.717) is 31.4 Å². The normalized spacial score (nSPS) is 26.4. The summed E-state index contributed by atoms with van der Waals surface area (Å²) < 4.78 is 34.6. The lowest BCUT2D eigenvalue weighted by Crippen LogP contribution is -2.52. The number of aromatic nitrogens is 3. The summed E-state index contributed by atoms with van der Waals surface area (Å²) in [6.07, 6.45) is 10.2. The van der Waals surface area contributed by atoms with Gasteiger partial charge in [0.05, 0.1) is 18.1 Å². The smallest absolute Gasteiger partial charge is 0.260 e. The van der Waals surface area contributed by atoms with Crippen LogP contribution >= 0.6 is 0 Å². The molecule has 0 spiro atoms. The molecule has 4 aliphatic rings. The topological polar surface area (TPSA) is 91.8 Å². The van der Waals surface area contributed by atoms with E-state index in [-0.39, 0.29) is 17.2 Å². The van der Waals surface area contributed by atoms with Crippen molar-refractivity contribution in [3.8, 4) is 5.88 Å². The Kier molecular flexibility index (Phi) is 5.90. The van der Waals surface area contributed by atoms with Gasteiger partial charge in [0, 0.05) is 57.6 Å². The van der Waals surface area contributed by atoms with E-state index in [1.54, 1.807) is 16.6 Å². The van der Waals surface area contributed by atoms with Crippen molar-refractivity contribution in [2.75, 3.05) is 44.2 Å². The molecule has 4 fully saturated rings. The number of ether oxygens (including phenoxy) is 1. The van der Waals surface area contributed by atoms with E-state index in [0.717, 1.165) is 50.4 Å². The van der Waals surface area contributed by atoms with Gasteiger partial charge in [-0.25, -0.2) is 18.4 Å². The molecule has 2 aromatic heterocycles. The van der Waals surface area contributed by atoms with Crippen molar-refractivity contribution in [1.82, 2.24) is 24.2 Å². The number of pyridine rings is 1. The van der Waals surface area contributed by atoms with Gasteiger partial charge >= 0.3 is 0 Å². The minimum absolute atomic E-state index is 0.00529. The van der Waals surface area contributed by atoms with Crippen LogP contribution in [-0.2, 0) is 10.0 Å². The minimum atomic E-state index is -3.64. The van der Waals surface area contributed by atoms with Crippen molar-refractivity contribution < 1.29 is 13.2 Å². The monoisotopic (exact) mass is 484 g/mol. The molecule has 3 saturated heterocycles. The fraction of sp³-hybridized carbons (Fsp3) is 0.625. The number of hydrogen-bond acceptors (Lipinski definition) is 8. The van der Waals surface area contributed by atoms with E-state index in [1.165, 1.54) is 19.3 Å². The molecule has 3 aliphatic heterocycles. The average Bonchev–Trinajstić information content (AvgIpc) is 3.64. The van der Waals surface area contributed by atoms with Crippen molar-refractivity contribution in [1.29, 1.82) is 0 Å². The molecular formula is C24H32N6O3S. The Morgan fingerprint density at radius 2 is 1.79 bits per heavy atom. The molecule has 2 atom stereocenters. The summed E-state index contributed by atoms with van der Waals surface area (Å²) in [7, 11) is -3.64. The van der Waals surface area contributed by atoms with Gasteiger partial charge in [0.2, 0.25) is 5.88 Å². The van der Waals surface area contributed by atoms with Crippen LogP contribution in [0.25, 0.3) is 0 Å². The molecule has 10 heteroatoms. The molecule has 0 bridgehead atoms. The highest BCUT2D eigenvalue weighted by atomic mass is 32.2. The summed E-state index contributed by atoms with van der Waals surface area (Å²) in [5, 5.41) is 0.154. The number of piperidine rings is 1. The number of piperazine rings is 1. The summed E-state index contributed by atoms with van der Waals surface area (Å²) >= 11 is 0. The first kappa shape index (κ1) is 22.2. The van der Waals surface area contributed by atoms with Gasteiger partial charge in [-0.15, -0.1) is 0 Å². The van der Waals surface area contributed by atoms with E-state index < -0.39 is 10.0 Å². The largest absolute Gasteiger partial charge is 0.472 e. The second-order valence-corrected chi connectivity index (χ2v) is 11.8. The van der Waals surface area contributed by atoms with Crippen molar-refractivity contribution in [2.24, 2.45) is 0 Å². The second kappa shape index (κ2) is 9.05. The lowest BCUT2D eigenvalue weighted by atomic mass is 10.1. The summed E-state index contributed by atoms with van der Waals surface area (Å²) in [6, 6.07) is 5.49. The summed E-state index contributed by atoms with van der Waals surface area (Å²) in [5.41, 5.74) is 1.05. The Hall–Kier alpha value is -2.30. The SMILES string of the molecule is O=S(=O)(c1cccc(N2CCCCC2)n1)N1CCN2C[C@H](Oc3cnc(C4CC4)cn3)C[C@H]2C1. The van der Waals surface area contributed by atoms with Crippen LogP contribution in [0, 0.1) is 0 Å². The van der Waals surface area contributed by atoms with Crippen molar-refractivity contribution >= 4 is 15.8 Å². The quantitative estimate of drug-likeness (QED) is 0.617. The van der Waals surface area contributed by atoms with Crippen LogP contribution in [0.3, 0.4) is 0 Å². The number of nitrogens with zero attached hydrogens (tertiary/aromatic N) is 6. The van der Waals surface area contributed by atoms with Crippen LogP contribution < -0.4 is 9.64 Å². The number of anilines is 1. The molecule has 9 nitrogen and oxygen atoms in total. The molecule has 0 radical (unpaired) electrons. The molecular weight excluding hydrogens is 452 g/mol. The molecule has 0 amide bonds. The first-order valence-electron chi connectivity index (χ1n) is 12.5. The van der Waals surface area contributed by atoms with E-state index in [1.807, 2.05) is 18.3 Å². The van der Waals surface area contributed by atoms with Crippen LogP contribution in [0.5, 0.6) is 5.88 Å². The standard InChI is InChI=1S/C24H32N6O3S/c31-34(32,24-6-4-5-22(27-24)28-9-2-1-3-10-28)30-12-11-29-17-20(13-19(29)16-30)33-23-15-25-21(14-26-23)18-7-8-18/h4-6,14-15,18-20H,1-3,7-13,16-17H2/t19-,20+/m0/s1. The summed E-state index contributed by atoms with van der Waals surface area (Å²) in [4.78, 5) is 18.0. The summed E-state index contributed by atoms with van der Waals surface area (Å²) in [6.45, 7) is 4.29. The van der Waals surface area contributed by atoms with Crippen molar-refractivity contribution in [3.63, 3.8) is 0 Å². The number of rotatable bonds is 6. The van der Waals surface area contributed by atoms with E-state index in [4.69, 9.17) is 4.74 Å². The van der Waals surface area contributed by atoms with Gasteiger partial charge < -0.3 is 9.64 Å². The van der Waals surface area contributed by atoms with Gasteiger partial charge in [-0.05, 0) is 44.2 Å².